The second-order valence-corrected chi connectivity index (χ2v) is 3.88. The van der Waals surface area contributed by atoms with Crippen LogP contribution in [0.2, 0.25) is 0 Å². The SMILES string of the molecule is CCN(CC(=O)O)C(=O)[C@H](C)c1ccccc1. The van der Waals surface area contributed by atoms with Crippen LogP contribution in [0.4, 0.5) is 0 Å². The Balaban J connectivity index is 2.77. The van der Waals surface area contributed by atoms with Gasteiger partial charge in [0.1, 0.15) is 6.54 Å². The fraction of sp³-hybridized carbons (Fsp3) is 0.385. The van der Waals surface area contributed by atoms with Gasteiger partial charge in [0.25, 0.3) is 0 Å². The van der Waals surface area contributed by atoms with E-state index in [0.717, 1.165) is 5.56 Å². The fourth-order valence-electron chi connectivity index (χ4n) is 1.67. The summed E-state index contributed by atoms with van der Waals surface area (Å²) < 4.78 is 0. The van der Waals surface area contributed by atoms with Gasteiger partial charge in [0, 0.05) is 6.54 Å². The quantitative estimate of drug-likeness (QED) is 0.845. The first kappa shape index (κ1) is 13.2. The summed E-state index contributed by atoms with van der Waals surface area (Å²) in [6.45, 7) is 3.73. The Labute approximate surface area is 101 Å². The number of hydrogen-bond donors (Lipinski definition) is 1. The summed E-state index contributed by atoms with van der Waals surface area (Å²) in [5, 5.41) is 8.72. The Morgan fingerprint density at radius 2 is 1.88 bits per heavy atom. The number of carboxylic acids is 1. The molecule has 1 atom stereocenters. The molecule has 1 amide bonds. The highest BCUT2D eigenvalue weighted by Gasteiger charge is 2.22. The molecule has 0 aliphatic heterocycles. The van der Waals surface area contributed by atoms with Crippen molar-refractivity contribution in [3.8, 4) is 0 Å². The summed E-state index contributed by atoms with van der Waals surface area (Å²) in [7, 11) is 0. The molecule has 1 aromatic rings. The molecule has 0 heterocycles. The van der Waals surface area contributed by atoms with Gasteiger partial charge >= 0.3 is 5.97 Å². The van der Waals surface area contributed by atoms with Crippen LogP contribution in [0.15, 0.2) is 30.3 Å². The molecule has 1 N–H and O–H groups in total. The highest BCUT2D eigenvalue weighted by atomic mass is 16.4. The van der Waals surface area contributed by atoms with Gasteiger partial charge in [-0.15, -0.1) is 0 Å². The molecule has 0 fully saturated rings. The number of carboxylic acid groups (broad SMARTS) is 1. The minimum atomic E-state index is -0.986. The number of nitrogens with zero attached hydrogens (tertiary/aromatic N) is 1. The molecule has 0 aliphatic carbocycles. The molecule has 4 nitrogen and oxygen atoms in total. The zero-order valence-corrected chi connectivity index (χ0v) is 10.1. The molecule has 0 saturated carbocycles. The van der Waals surface area contributed by atoms with Crippen LogP contribution in [-0.2, 0) is 9.59 Å². The van der Waals surface area contributed by atoms with Crippen molar-refractivity contribution >= 4 is 11.9 Å². The van der Waals surface area contributed by atoms with Crippen LogP contribution >= 0.6 is 0 Å². The van der Waals surface area contributed by atoms with Crippen molar-refractivity contribution in [3.63, 3.8) is 0 Å². The highest BCUT2D eigenvalue weighted by molar-refractivity contribution is 5.86. The van der Waals surface area contributed by atoms with E-state index in [2.05, 4.69) is 0 Å². The van der Waals surface area contributed by atoms with E-state index in [-0.39, 0.29) is 18.4 Å². The number of benzene rings is 1. The third-order valence-corrected chi connectivity index (χ3v) is 2.69. The van der Waals surface area contributed by atoms with Gasteiger partial charge in [-0.25, -0.2) is 0 Å². The van der Waals surface area contributed by atoms with Crippen molar-refractivity contribution in [1.29, 1.82) is 0 Å². The molecule has 0 spiro atoms. The third-order valence-electron chi connectivity index (χ3n) is 2.69. The van der Waals surface area contributed by atoms with Gasteiger partial charge in [0.05, 0.1) is 5.92 Å². The van der Waals surface area contributed by atoms with Crippen LogP contribution < -0.4 is 0 Å². The first-order valence-electron chi connectivity index (χ1n) is 5.61. The molecular formula is C13H17NO3. The molecule has 92 valence electrons. The molecule has 0 bridgehead atoms. The van der Waals surface area contributed by atoms with Gasteiger partial charge in [0.2, 0.25) is 5.91 Å². The molecule has 0 unspecified atom stereocenters. The molecule has 1 aromatic carbocycles. The summed E-state index contributed by atoms with van der Waals surface area (Å²) in [6.07, 6.45) is 0. The van der Waals surface area contributed by atoms with Crippen molar-refractivity contribution in [2.45, 2.75) is 19.8 Å². The Morgan fingerprint density at radius 3 is 2.35 bits per heavy atom. The third kappa shape index (κ3) is 3.59. The van der Waals surface area contributed by atoms with E-state index >= 15 is 0 Å². The van der Waals surface area contributed by atoms with Crippen LogP contribution in [0.1, 0.15) is 25.3 Å². The maximum atomic E-state index is 12.1. The van der Waals surface area contributed by atoms with Crippen molar-refractivity contribution in [3.05, 3.63) is 35.9 Å². The van der Waals surface area contributed by atoms with E-state index in [1.54, 1.807) is 13.8 Å². The summed E-state index contributed by atoms with van der Waals surface area (Å²) in [5.74, 6) is -1.45. The first-order chi connectivity index (χ1) is 8.06. The van der Waals surface area contributed by atoms with Crippen LogP contribution in [0.3, 0.4) is 0 Å². The number of amides is 1. The predicted molar refractivity (Wildman–Crippen MR) is 64.7 cm³/mol. The lowest BCUT2D eigenvalue weighted by atomic mass is 10.00. The molecule has 0 aromatic heterocycles. The highest BCUT2D eigenvalue weighted by Crippen LogP contribution is 2.17. The number of hydrogen-bond acceptors (Lipinski definition) is 2. The maximum absolute atomic E-state index is 12.1. The topological polar surface area (TPSA) is 57.6 Å². The van der Waals surface area contributed by atoms with Crippen molar-refractivity contribution < 1.29 is 14.7 Å². The minimum absolute atomic E-state index is 0.152. The van der Waals surface area contributed by atoms with Gasteiger partial charge in [-0.1, -0.05) is 30.3 Å². The molecule has 0 radical (unpaired) electrons. The monoisotopic (exact) mass is 235 g/mol. The molecule has 0 saturated heterocycles. The van der Waals surface area contributed by atoms with E-state index in [9.17, 15) is 9.59 Å². The number of aliphatic carboxylic acids is 1. The normalized spacial score (nSPS) is 11.9. The van der Waals surface area contributed by atoms with Gasteiger partial charge in [-0.3, -0.25) is 9.59 Å². The van der Waals surface area contributed by atoms with Crippen molar-refractivity contribution in [1.82, 2.24) is 4.90 Å². The lowest BCUT2D eigenvalue weighted by Gasteiger charge is -2.22. The number of carbonyl (C=O) groups is 2. The molecule has 4 heteroatoms. The Kier molecular flexibility index (Phi) is 4.69. The predicted octanol–water partition coefficient (Wildman–Crippen LogP) is 1.72. The average Bonchev–Trinajstić information content (AvgIpc) is 2.35. The van der Waals surface area contributed by atoms with Crippen molar-refractivity contribution in [2.75, 3.05) is 13.1 Å². The van der Waals surface area contributed by atoms with Crippen LogP contribution in [-0.4, -0.2) is 35.0 Å². The zero-order chi connectivity index (χ0) is 12.8. The maximum Gasteiger partial charge on any atom is 0.323 e. The summed E-state index contributed by atoms with van der Waals surface area (Å²) in [4.78, 5) is 24.1. The smallest absolute Gasteiger partial charge is 0.323 e. The van der Waals surface area contributed by atoms with Gasteiger partial charge in [-0.05, 0) is 19.4 Å². The summed E-state index contributed by atoms with van der Waals surface area (Å²) >= 11 is 0. The zero-order valence-electron chi connectivity index (χ0n) is 10.1. The first-order valence-corrected chi connectivity index (χ1v) is 5.61. The second-order valence-electron chi connectivity index (χ2n) is 3.88. The molecule has 0 aliphatic rings. The number of likely N-dealkylation sites (N-methyl/N-ethyl adjacent to an activating group) is 1. The lowest BCUT2D eigenvalue weighted by Crippen LogP contribution is -2.38. The van der Waals surface area contributed by atoms with E-state index in [4.69, 9.17) is 5.11 Å². The minimum Gasteiger partial charge on any atom is -0.480 e. The van der Waals surface area contributed by atoms with Crippen LogP contribution in [0.5, 0.6) is 0 Å². The van der Waals surface area contributed by atoms with Crippen molar-refractivity contribution in [2.24, 2.45) is 0 Å². The molecule has 1 rings (SSSR count). The second kappa shape index (κ2) is 6.03. The van der Waals surface area contributed by atoms with E-state index in [1.807, 2.05) is 30.3 Å². The fourth-order valence-corrected chi connectivity index (χ4v) is 1.67. The standard InChI is InChI=1S/C13H17NO3/c1-3-14(9-12(15)16)13(17)10(2)11-7-5-4-6-8-11/h4-8,10H,3,9H2,1-2H3,(H,15,16)/t10-/m1/s1. The summed E-state index contributed by atoms with van der Waals surface area (Å²) in [5.41, 5.74) is 0.904. The van der Waals surface area contributed by atoms with E-state index < -0.39 is 5.97 Å². The van der Waals surface area contributed by atoms with E-state index in [0.29, 0.717) is 6.54 Å². The Morgan fingerprint density at radius 1 is 1.29 bits per heavy atom. The Hall–Kier alpha value is -1.84. The largest absolute Gasteiger partial charge is 0.480 e. The Bertz CT molecular complexity index is 389. The summed E-state index contributed by atoms with van der Waals surface area (Å²) in [6, 6.07) is 9.36. The van der Waals surface area contributed by atoms with Crippen LogP contribution in [0, 0.1) is 0 Å². The van der Waals surface area contributed by atoms with Gasteiger partial charge in [0.15, 0.2) is 0 Å². The molecular weight excluding hydrogens is 218 g/mol. The van der Waals surface area contributed by atoms with Crippen LogP contribution in [0.25, 0.3) is 0 Å². The van der Waals surface area contributed by atoms with Gasteiger partial charge in [-0.2, -0.15) is 0 Å². The molecule has 17 heavy (non-hydrogen) atoms. The number of rotatable bonds is 5. The number of carbonyl (C=O) groups excluding carboxylic acids is 1. The lowest BCUT2D eigenvalue weighted by molar-refractivity contribution is -0.144. The van der Waals surface area contributed by atoms with Gasteiger partial charge < -0.3 is 10.0 Å². The average molecular weight is 235 g/mol. The van der Waals surface area contributed by atoms with E-state index in [1.165, 1.54) is 4.90 Å².